The minimum absolute atomic E-state index is 0.315. The maximum absolute atomic E-state index is 13.0. The SMILES string of the molecule is O=C(NN=Cc1cccc(Br)c1)c1cccc(NC(=O)c2ccc(F)cc2)c1. The van der Waals surface area contributed by atoms with E-state index in [2.05, 4.69) is 31.8 Å². The van der Waals surface area contributed by atoms with Crippen molar-refractivity contribution in [1.29, 1.82) is 0 Å². The molecule has 0 aliphatic carbocycles. The quantitative estimate of drug-likeness (QED) is 0.450. The Bertz CT molecular complexity index is 1040. The number of nitrogens with zero attached hydrogens (tertiary/aromatic N) is 1. The first-order valence-corrected chi connectivity index (χ1v) is 9.06. The van der Waals surface area contributed by atoms with E-state index in [0.29, 0.717) is 16.8 Å². The van der Waals surface area contributed by atoms with Crippen molar-refractivity contribution in [2.75, 3.05) is 5.32 Å². The Hall–Kier alpha value is -3.32. The average Bonchev–Trinajstić information content (AvgIpc) is 2.68. The molecule has 140 valence electrons. The van der Waals surface area contributed by atoms with Crippen LogP contribution in [0.4, 0.5) is 10.1 Å². The number of carbonyl (C=O) groups is 2. The zero-order chi connectivity index (χ0) is 19.9. The molecule has 0 heterocycles. The van der Waals surface area contributed by atoms with Crippen LogP contribution in [-0.2, 0) is 0 Å². The van der Waals surface area contributed by atoms with Crippen molar-refractivity contribution < 1.29 is 14.0 Å². The molecule has 0 aliphatic rings. The van der Waals surface area contributed by atoms with Crippen LogP contribution in [0.2, 0.25) is 0 Å². The number of nitrogens with one attached hydrogen (secondary N) is 2. The highest BCUT2D eigenvalue weighted by Gasteiger charge is 2.09. The number of hydrogen-bond donors (Lipinski definition) is 2. The number of anilines is 1. The van der Waals surface area contributed by atoms with Gasteiger partial charge in [-0.15, -0.1) is 0 Å². The van der Waals surface area contributed by atoms with Gasteiger partial charge in [0.25, 0.3) is 11.8 Å². The van der Waals surface area contributed by atoms with E-state index in [0.717, 1.165) is 10.0 Å². The monoisotopic (exact) mass is 439 g/mol. The Morgan fingerprint density at radius 2 is 1.64 bits per heavy atom. The first kappa shape index (κ1) is 19.4. The van der Waals surface area contributed by atoms with Gasteiger partial charge >= 0.3 is 0 Å². The summed E-state index contributed by atoms with van der Waals surface area (Å²) in [5.74, 6) is -1.23. The number of carbonyl (C=O) groups excluding carboxylic acids is 2. The molecule has 0 aromatic heterocycles. The highest BCUT2D eigenvalue weighted by molar-refractivity contribution is 9.10. The molecule has 0 atom stereocenters. The molecule has 28 heavy (non-hydrogen) atoms. The van der Waals surface area contributed by atoms with Crippen LogP contribution in [-0.4, -0.2) is 18.0 Å². The molecule has 0 radical (unpaired) electrons. The van der Waals surface area contributed by atoms with Gasteiger partial charge in [-0.1, -0.05) is 34.1 Å². The summed E-state index contributed by atoms with van der Waals surface area (Å²) in [4.78, 5) is 24.5. The van der Waals surface area contributed by atoms with E-state index in [4.69, 9.17) is 0 Å². The van der Waals surface area contributed by atoms with Crippen LogP contribution in [0, 0.1) is 5.82 Å². The Morgan fingerprint density at radius 3 is 2.39 bits per heavy atom. The first-order chi connectivity index (χ1) is 13.5. The molecule has 0 saturated carbocycles. The minimum Gasteiger partial charge on any atom is -0.322 e. The van der Waals surface area contributed by atoms with Crippen LogP contribution in [0.15, 0.2) is 82.4 Å². The molecule has 0 spiro atoms. The lowest BCUT2D eigenvalue weighted by atomic mass is 10.1. The first-order valence-electron chi connectivity index (χ1n) is 8.27. The smallest absolute Gasteiger partial charge is 0.271 e. The second-order valence-electron chi connectivity index (χ2n) is 5.80. The van der Waals surface area contributed by atoms with Gasteiger partial charge in [-0.05, 0) is 60.2 Å². The fraction of sp³-hybridized carbons (Fsp3) is 0. The van der Waals surface area contributed by atoms with Gasteiger partial charge in [0.1, 0.15) is 5.82 Å². The van der Waals surface area contributed by atoms with Crippen molar-refractivity contribution >= 4 is 39.6 Å². The number of hydrazone groups is 1. The molecule has 7 heteroatoms. The summed E-state index contributed by atoms with van der Waals surface area (Å²) >= 11 is 3.37. The molecule has 0 fully saturated rings. The lowest BCUT2D eigenvalue weighted by molar-refractivity contribution is 0.0953. The summed E-state index contributed by atoms with van der Waals surface area (Å²) in [6.07, 6.45) is 1.53. The third kappa shape index (κ3) is 5.34. The van der Waals surface area contributed by atoms with Crippen LogP contribution >= 0.6 is 15.9 Å². The van der Waals surface area contributed by atoms with Crippen molar-refractivity contribution in [3.63, 3.8) is 0 Å². The van der Waals surface area contributed by atoms with Crippen molar-refractivity contribution in [1.82, 2.24) is 5.43 Å². The average molecular weight is 440 g/mol. The second kappa shape index (κ2) is 9.05. The zero-order valence-corrected chi connectivity index (χ0v) is 16.1. The van der Waals surface area contributed by atoms with Crippen LogP contribution in [0.3, 0.4) is 0 Å². The van der Waals surface area contributed by atoms with E-state index in [1.807, 2.05) is 24.3 Å². The summed E-state index contributed by atoms with van der Waals surface area (Å²) < 4.78 is 13.9. The highest BCUT2D eigenvalue weighted by atomic mass is 79.9. The van der Waals surface area contributed by atoms with Gasteiger partial charge in [0.15, 0.2) is 0 Å². The summed E-state index contributed by atoms with van der Waals surface area (Å²) in [5, 5.41) is 6.61. The lowest BCUT2D eigenvalue weighted by Crippen LogP contribution is -2.18. The van der Waals surface area contributed by atoms with Gasteiger partial charge in [-0.3, -0.25) is 9.59 Å². The topological polar surface area (TPSA) is 70.6 Å². The van der Waals surface area contributed by atoms with Crippen molar-refractivity contribution in [2.24, 2.45) is 5.10 Å². The number of halogens is 2. The number of amides is 2. The Labute approximate surface area is 169 Å². The lowest BCUT2D eigenvalue weighted by Gasteiger charge is -2.07. The third-order valence-corrected chi connectivity index (χ3v) is 4.21. The predicted molar refractivity (Wildman–Crippen MR) is 110 cm³/mol. The summed E-state index contributed by atoms with van der Waals surface area (Å²) in [6, 6.07) is 19.1. The molecule has 0 bridgehead atoms. The summed E-state index contributed by atoms with van der Waals surface area (Å²) in [7, 11) is 0. The molecule has 0 saturated heterocycles. The van der Waals surface area contributed by atoms with Gasteiger partial charge in [-0.2, -0.15) is 5.10 Å². The third-order valence-electron chi connectivity index (χ3n) is 3.72. The van der Waals surface area contributed by atoms with E-state index < -0.39 is 17.6 Å². The standard InChI is InChI=1S/C21H15BrFN3O2/c22-17-5-1-3-14(11-17)13-24-26-21(28)16-4-2-6-19(12-16)25-20(27)15-7-9-18(23)10-8-15/h1-13H,(H,25,27)(H,26,28). The number of rotatable bonds is 5. The van der Waals surface area contributed by atoms with E-state index in [-0.39, 0.29) is 0 Å². The van der Waals surface area contributed by atoms with E-state index >= 15 is 0 Å². The Morgan fingerprint density at radius 1 is 0.893 bits per heavy atom. The molecule has 0 unspecified atom stereocenters. The highest BCUT2D eigenvalue weighted by Crippen LogP contribution is 2.13. The van der Waals surface area contributed by atoms with E-state index in [1.165, 1.54) is 36.5 Å². The maximum Gasteiger partial charge on any atom is 0.271 e. The van der Waals surface area contributed by atoms with Gasteiger partial charge in [0.2, 0.25) is 0 Å². The molecule has 0 aliphatic heterocycles. The largest absolute Gasteiger partial charge is 0.322 e. The molecule has 2 amide bonds. The fourth-order valence-corrected chi connectivity index (χ4v) is 2.78. The van der Waals surface area contributed by atoms with Crippen LogP contribution in [0.25, 0.3) is 0 Å². The normalized spacial score (nSPS) is 10.6. The predicted octanol–water partition coefficient (Wildman–Crippen LogP) is 4.60. The van der Waals surface area contributed by atoms with E-state index in [1.54, 1.807) is 18.2 Å². The van der Waals surface area contributed by atoms with Gasteiger partial charge in [0.05, 0.1) is 6.21 Å². The Balaban J connectivity index is 1.64. The van der Waals surface area contributed by atoms with Crippen LogP contribution in [0.1, 0.15) is 26.3 Å². The molecular weight excluding hydrogens is 425 g/mol. The molecule has 3 rings (SSSR count). The Kier molecular flexibility index (Phi) is 6.29. The summed E-state index contributed by atoms with van der Waals surface area (Å²) in [6.45, 7) is 0. The zero-order valence-electron chi connectivity index (χ0n) is 14.5. The number of benzene rings is 3. The van der Waals surface area contributed by atoms with Crippen molar-refractivity contribution in [2.45, 2.75) is 0 Å². The van der Waals surface area contributed by atoms with Crippen molar-refractivity contribution in [3.8, 4) is 0 Å². The van der Waals surface area contributed by atoms with Crippen LogP contribution in [0.5, 0.6) is 0 Å². The van der Waals surface area contributed by atoms with Gasteiger partial charge in [0, 0.05) is 21.3 Å². The minimum atomic E-state index is -0.418. The molecular formula is C21H15BrFN3O2. The van der Waals surface area contributed by atoms with E-state index in [9.17, 15) is 14.0 Å². The molecule has 2 N–H and O–H groups in total. The second-order valence-corrected chi connectivity index (χ2v) is 6.71. The molecule has 5 nitrogen and oxygen atoms in total. The maximum atomic E-state index is 13.0. The molecule has 3 aromatic carbocycles. The van der Waals surface area contributed by atoms with Gasteiger partial charge in [-0.25, -0.2) is 9.82 Å². The van der Waals surface area contributed by atoms with Gasteiger partial charge < -0.3 is 5.32 Å². The van der Waals surface area contributed by atoms with Crippen LogP contribution < -0.4 is 10.7 Å². The molecule has 3 aromatic rings. The summed E-state index contributed by atoms with van der Waals surface area (Å²) in [5.41, 5.74) is 4.37. The van der Waals surface area contributed by atoms with Crippen molar-refractivity contribution in [3.05, 3.63) is 99.8 Å². The number of hydrogen-bond acceptors (Lipinski definition) is 3. The fourth-order valence-electron chi connectivity index (χ4n) is 2.36.